The summed E-state index contributed by atoms with van der Waals surface area (Å²) in [5, 5.41) is 9.73. The van der Waals surface area contributed by atoms with Crippen LogP contribution in [0.5, 0.6) is 11.6 Å². The SMILES string of the molecule is CC(C#CCCc1cccc(Oc2ccccn2)c1)N(O)C(N)=O. The van der Waals surface area contributed by atoms with Crippen molar-refractivity contribution in [3.05, 3.63) is 54.2 Å². The van der Waals surface area contributed by atoms with Crippen molar-refractivity contribution in [2.24, 2.45) is 5.73 Å². The average molecular weight is 325 g/mol. The summed E-state index contributed by atoms with van der Waals surface area (Å²) in [7, 11) is 0. The van der Waals surface area contributed by atoms with E-state index in [-0.39, 0.29) is 0 Å². The molecule has 3 N–H and O–H groups in total. The maximum atomic E-state index is 10.8. The number of nitrogens with zero attached hydrogens (tertiary/aromatic N) is 2. The van der Waals surface area contributed by atoms with Crippen molar-refractivity contribution in [2.75, 3.05) is 0 Å². The highest BCUT2D eigenvalue weighted by Gasteiger charge is 2.11. The predicted octanol–water partition coefficient (Wildman–Crippen LogP) is 2.97. The number of hydroxylamine groups is 2. The molecule has 1 unspecified atom stereocenters. The molecule has 6 heteroatoms. The molecule has 0 bridgehead atoms. The Labute approximate surface area is 140 Å². The van der Waals surface area contributed by atoms with Crippen LogP contribution in [0.2, 0.25) is 0 Å². The normalized spacial score (nSPS) is 11.1. The van der Waals surface area contributed by atoms with Crippen LogP contribution < -0.4 is 10.5 Å². The zero-order valence-electron chi connectivity index (χ0n) is 13.3. The molecule has 24 heavy (non-hydrogen) atoms. The van der Waals surface area contributed by atoms with Gasteiger partial charge in [0.15, 0.2) is 0 Å². The smallest absolute Gasteiger partial charge is 0.339 e. The van der Waals surface area contributed by atoms with Crippen LogP contribution in [0.25, 0.3) is 0 Å². The van der Waals surface area contributed by atoms with Gasteiger partial charge in [0.05, 0.1) is 0 Å². The van der Waals surface area contributed by atoms with Gasteiger partial charge in [-0.2, -0.15) is 5.06 Å². The molecule has 2 rings (SSSR count). The summed E-state index contributed by atoms with van der Waals surface area (Å²) in [6.07, 6.45) is 2.98. The number of rotatable bonds is 5. The molecule has 0 spiro atoms. The lowest BCUT2D eigenvalue weighted by Gasteiger charge is -2.14. The maximum absolute atomic E-state index is 10.8. The van der Waals surface area contributed by atoms with E-state index >= 15 is 0 Å². The number of aromatic nitrogens is 1. The molecule has 1 heterocycles. The monoisotopic (exact) mass is 325 g/mol. The molecule has 0 saturated heterocycles. The number of carbonyl (C=O) groups excluding carboxylic acids is 1. The molecular formula is C18H19N3O3. The molecular weight excluding hydrogens is 306 g/mol. The van der Waals surface area contributed by atoms with E-state index in [0.29, 0.717) is 23.1 Å². The molecule has 0 fully saturated rings. The Bertz CT molecular complexity index is 738. The van der Waals surface area contributed by atoms with E-state index in [1.807, 2.05) is 36.4 Å². The zero-order chi connectivity index (χ0) is 17.4. The van der Waals surface area contributed by atoms with Gasteiger partial charge in [-0.15, -0.1) is 5.92 Å². The van der Waals surface area contributed by atoms with E-state index in [4.69, 9.17) is 10.5 Å². The molecule has 124 valence electrons. The van der Waals surface area contributed by atoms with Gasteiger partial charge in [0.25, 0.3) is 0 Å². The molecule has 2 amide bonds. The summed E-state index contributed by atoms with van der Waals surface area (Å²) < 4.78 is 5.68. The molecule has 6 nitrogen and oxygen atoms in total. The van der Waals surface area contributed by atoms with Crippen molar-refractivity contribution in [3.63, 3.8) is 0 Å². The first-order chi connectivity index (χ1) is 11.6. The fourth-order valence-electron chi connectivity index (χ4n) is 1.97. The van der Waals surface area contributed by atoms with Crippen molar-refractivity contribution in [2.45, 2.75) is 25.8 Å². The van der Waals surface area contributed by atoms with E-state index in [1.54, 1.807) is 19.2 Å². The average Bonchev–Trinajstić information content (AvgIpc) is 2.59. The van der Waals surface area contributed by atoms with Crippen LogP contribution in [0.15, 0.2) is 48.7 Å². The Morgan fingerprint density at radius 3 is 2.92 bits per heavy atom. The first-order valence-corrected chi connectivity index (χ1v) is 7.50. The molecule has 0 aliphatic carbocycles. The van der Waals surface area contributed by atoms with Gasteiger partial charge >= 0.3 is 6.03 Å². The quantitative estimate of drug-likeness (QED) is 0.502. The number of primary amides is 1. The number of benzene rings is 1. The summed E-state index contributed by atoms with van der Waals surface area (Å²) in [5.74, 6) is 6.95. The lowest BCUT2D eigenvalue weighted by Crippen LogP contribution is -2.38. The van der Waals surface area contributed by atoms with Crippen molar-refractivity contribution >= 4 is 6.03 Å². The Balaban J connectivity index is 1.90. The van der Waals surface area contributed by atoms with Gasteiger partial charge in [-0.1, -0.05) is 24.1 Å². The van der Waals surface area contributed by atoms with E-state index in [0.717, 1.165) is 12.0 Å². The number of ether oxygens (including phenoxy) is 1. The molecule has 2 aromatic rings. The Kier molecular flexibility index (Phi) is 6.17. The first-order valence-electron chi connectivity index (χ1n) is 7.50. The summed E-state index contributed by atoms with van der Waals surface area (Å²) in [5.41, 5.74) is 6.03. The number of urea groups is 1. The number of amides is 2. The van der Waals surface area contributed by atoms with Crippen LogP contribution in [0.4, 0.5) is 4.79 Å². The second-order valence-electron chi connectivity index (χ2n) is 5.10. The van der Waals surface area contributed by atoms with Crippen molar-refractivity contribution in [1.82, 2.24) is 10.0 Å². The van der Waals surface area contributed by atoms with E-state index in [2.05, 4.69) is 16.8 Å². The third-order valence-electron chi connectivity index (χ3n) is 3.20. The fourth-order valence-corrected chi connectivity index (χ4v) is 1.97. The molecule has 1 aromatic carbocycles. The number of hydrogen-bond acceptors (Lipinski definition) is 4. The van der Waals surface area contributed by atoms with Gasteiger partial charge in [0.1, 0.15) is 11.8 Å². The predicted molar refractivity (Wildman–Crippen MR) is 89.5 cm³/mol. The van der Waals surface area contributed by atoms with Gasteiger partial charge < -0.3 is 10.5 Å². The summed E-state index contributed by atoms with van der Waals surface area (Å²) in [6, 6.07) is 11.6. The zero-order valence-corrected chi connectivity index (χ0v) is 13.3. The maximum Gasteiger partial charge on any atom is 0.339 e. The van der Waals surface area contributed by atoms with Gasteiger partial charge in [-0.3, -0.25) is 5.21 Å². The van der Waals surface area contributed by atoms with Crippen LogP contribution in [0.1, 0.15) is 18.9 Å². The second-order valence-corrected chi connectivity index (χ2v) is 5.10. The van der Waals surface area contributed by atoms with Crippen LogP contribution in [0, 0.1) is 11.8 Å². The minimum Gasteiger partial charge on any atom is -0.439 e. The number of hydrogen-bond donors (Lipinski definition) is 2. The highest BCUT2D eigenvalue weighted by atomic mass is 16.5. The van der Waals surface area contributed by atoms with Crippen LogP contribution in [-0.2, 0) is 6.42 Å². The summed E-state index contributed by atoms with van der Waals surface area (Å²) >= 11 is 0. The first kappa shape index (κ1) is 17.3. The van der Waals surface area contributed by atoms with Crippen LogP contribution in [-0.4, -0.2) is 27.3 Å². The Hall–Kier alpha value is -3.04. The van der Waals surface area contributed by atoms with Crippen LogP contribution in [0.3, 0.4) is 0 Å². The largest absolute Gasteiger partial charge is 0.439 e. The van der Waals surface area contributed by atoms with Gasteiger partial charge in [-0.25, -0.2) is 9.78 Å². The van der Waals surface area contributed by atoms with E-state index < -0.39 is 12.1 Å². The van der Waals surface area contributed by atoms with Gasteiger partial charge in [0.2, 0.25) is 5.88 Å². The lowest BCUT2D eigenvalue weighted by molar-refractivity contribution is -0.0536. The molecule has 1 aromatic heterocycles. The van der Waals surface area contributed by atoms with Gasteiger partial charge in [0, 0.05) is 18.7 Å². The molecule has 0 saturated carbocycles. The number of aryl methyl sites for hydroxylation is 1. The van der Waals surface area contributed by atoms with Crippen molar-refractivity contribution in [3.8, 4) is 23.5 Å². The second kappa shape index (κ2) is 8.56. The highest BCUT2D eigenvalue weighted by molar-refractivity contribution is 5.71. The number of carbonyl (C=O) groups is 1. The standard InChI is InChI=1S/C18H19N3O3/c1-14(21(23)18(19)22)7-2-3-8-15-9-6-10-16(13-15)24-17-11-4-5-12-20-17/h4-6,9-14,23H,3,8H2,1H3,(H2,19,22). The number of nitrogens with two attached hydrogens (primary N) is 1. The van der Waals surface area contributed by atoms with Gasteiger partial charge in [-0.05, 0) is 37.1 Å². The molecule has 1 atom stereocenters. The fraction of sp³-hybridized carbons (Fsp3) is 0.222. The minimum absolute atomic E-state index is 0.411. The Morgan fingerprint density at radius 1 is 1.38 bits per heavy atom. The summed E-state index contributed by atoms with van der Waals surface area (Å²) in [6.45, 7) is 1.60. The Morgan fingerprint density at radius 2 is 2.21 bits per heavy atom. The van der Waals surface area contributed by atoms with Crippen molar-refractivity contribution in [1.29, 1.82) is 0 Å². The topological polar surface area (TPSA) is 88.7 Å². The third-order valence-corrected chi connectivity index (χ3v) is 3.20. The lowest BCUT2D eigenvalue weighted by atomic mass is 10.1. The minimum atomic E-state index is -0.920. The van der Waals surface area contributed by atoms with E-state index in [1.165, 1.54) is 0 Å². The summed E-state index contributed by atoms with van der Waals surface area (Å²) in [4.78, 5) is 14.9. The highest BCUT2D eigenvalue weighted by Crippen LogP contribution is 2.20. The van der Waals surface area contributed by atoms with E-state index in [9.17, 15) is 10.0 Å². The molecule has 0 aliphatic heterocycles. The van der Waals surface area contributed by atoms with Crippen LogP contribution >= 0.6 is 0 Å². The molecule has 0 aliphatic rings. The third kappa shape index (κ3) is 5.30. The van der Waals surface area contributed by atoms with Crippen molar-refractivity contribution < 1.29 is 14.7 Å². The number of pyridine rings is 1. The molecule has 0 radical (unpaired) electrons.